The zero-order valence-corrected chi connectivity index (χ0v) is 18.8. The lowest BCUT2D eigenvalue weighted by atomic mass is 10.1. The molecule has 1 N–H and O–H groups in total. The normalized spacial score (nSPS) is 11.9. The summed E-state index contributed by atoms with van der Waals surface area (Å²) in [4.78, 5) is 27.5. The van der Waals surface area contributed by atoms with Crippen molar-refractivity contribution in [1.82, 2.24) is 10.2 Å². The molecule has 0 heterocycles. The molecule has 0 saturated carbocycles. The Labute approximate surface area is 183 Å². The zero-order valence-electron chi connectivity index (χ0n) is 17.9. The molecule has 162 valence electrons. The van der Waals surface area contributed by atoms with Crippen molar-refractivity contribution < 1.29 is 14.0 Å². The van der Waals surface area contributed by atoms with E-state index in [-0.39, 0.29) is 23.4 Å². The molecular weight excluding hydrogens is 399 g/mol. The number of nitrogens with one attached hydrogen (secondary N) is 1. The van der Waals surface area contributed by atoms with Crippen molar-refractivity contribution in [3.63, 3.8) is 0 Å². The molecule has 2 amide bonds. The lowest BCUT2D eigenvalue weighted by Gasteiger charge is -2.31. The van der Waals surface area contributed by atoms with Crippen molar-refractivity contribution in [1.29, 1.82) is 0 Å². The van der Waals surface area contributed by atoms with Crippen LogP contribution in [0.4, 0.5) is 4.39 Å². The first-order valence-electron chi connectivity index (χ1n) is 10.3. The highest BCUT2D eigenvalue weighted by Crippen LogP contribution is 2.18. The number of rotatable bonds is 11. The molecule has 0 fully saturated rings. The number of hydrogen-bond donors (Lipinski definition) is 1. The number of amides is 2. The summed E-state index contributed by atoms with van der Waals surface area (Å²) in [5, 5.41) is 2.95. The van der Waals surface area contributed by atoms with Gasteiger partial charge in [-0.3, -0.25) is 9.59 Å². The molecule has 0 aromatic heterocycles. The summed E-state index contributed by atoms with van der Waals surface area (Å²) < 4.78 is 13.8. The van der Waals surface area contributed by atoms with Gasteiger partial charge in [-0.2, -0.15) is 0 Å². The van der Waals surface area contributed by atoms with E-state index in [0.29, 0.717) is 36.7 Å². The molecule has 1 atom stereocenters. The first-order chi connectivity index (χ1) is 14.4. The van der Waals surface area contributed by atoms with Crippen LogP contribution in [0.1, 0.15) is 38.3 Å². The maximum atomic E-state index is 13.8. The topological polar surface area (TPSA) is 49.4 Å². The largest absolute Gasteiger partial charge is 0.354 e. The van der Waals surface area contributed by atoms with Crippen LogP contribution in [0.15, 0.2) is 54.6 Å². The van der Waals surface area contributed by atoms with Crippen molar-refractivity contribution >= 4 is 23.6 Å². The Bertz CT molecular complexity index is 814. The minimum absolute atomic E-state index is 0.119. The minimum atomic E-state index is -0.537. The number of nitrogens with zero attached hydrogens (tertiary/aromatic N) is 1. The fourth-order valence-corrected chi connectivity index (χ4v) is 3.97. The Morgan fingerprint density at radius 1 is 1.07 bits per heavy atom. The van der Waals surface area contributed by atoms with Crippen LogP contribution < -0.4 is 5.32 Å². The molecule has 6 heteroatoms. The van der Waals surface area contributed by atoms with Gasteiger partial charge in [0.15, 0.2) is 0 Å². The summed E-state index contributed by atoms with van der Waals surface area (Å²) in [7, 11) is 0. The summed E-state index contributed by atoms with van der Waals surface area (Å²) >= 11 is 1.36. The molecule has 2 rings (SSSR count). The van der Waals surface area contributed by atoms with E-state index in [0.717, 1.165) is 5.56 Å². The number of halogens is 1. The smallest absolute Gasteiger partial charge is 0.242 e. The van der Waals surface area contributed by atoms with Crippen molar-refractivity contribution in [3.8, 4) is 0 Å². The standard InChI is InChI=1S/C24H31FN2O2S/c1-4-22(24(29)26-14-18(2)3)27(15-19-10-6-5-7-11-19)23(28)17-30-16-20-12-8-9-13-21(20)25/h5-13,18,22H,4,14-17H2,1-3H3,(H,26,29). The SMILES string of the molecule is CCC(C(=O)NCC(C)C)N(Cc1ccccc1)C(=O)CSCc1ccccc1F. The predicted octanol–water partition coefficient (Wildman–Crippen LogP) is 4.64. The van der Waals surface area contributed by atoms with Crippen LogP contribution in [-0.4, -0.2) is 35.1 Å². The van der Waals surface area contributed by atoms with Gasteiger partial charge in [0.05, 0.1) is 5.75 Å². The monoisotopic (exact) mass is 430 g/mol. The van der Waals surface area contributed by atoms with Crippen LogP contribution in [0.25, 0.3) is 0 Å². The average Bonchev–Trinajstić information content (AvgIpc) is 2.74. The second-order valence-corrected chi connectivity index (χ2v) is 8.64. The van der Waals surface area contributed by atoms with Crippen LogP contribution in [0.3, 0.4) is 0 Å². The maximum Gasteiger partial charge on any atom is 0.242 e. The summed E-state index contributed by atoms with van der Waals surface area (Å²) in [6.45, 7) is 6.93. The molecule has 4 nitrogen and oxygen atoms in total. The Balaban J connectivity index is 2.09. The van der Waals surface area contributed by atoms with Crippen LogP contribution in [0, 0.1) is 11.7 Å². The van der Waals surface area contributed by atoms with Crippen molar-refractivity contribution in [2.24, 2.45) is 5.92 Å². The number of thioether (sulfide) groups is 1. The Hall–Kier alpha value is -2.34. The maximum absolute atomic E-state index is 13.8. The van der Waals surface area contributed by atoms with Gasteiger partial charge in [0.1, 0.15) is 11.9 Å². The first-order valence-corrected chi connectivity index (χ1v) is 11.5. The third-order valence-corrected chi connectivity index (χ3v) is 5.67. The van der Waals surface area contributed by atoms with E-state index >= 15 is 0 Å². The summed E-state index contributed by atoms with van der Waals surface area (Å²) in [5.74, 6) is 0.420. The zero-order chi connectivity index (χ0) is 21.9. The number of carbonyl (C=O) groups excluding carboxylic acids is 2. The number of benzene rings is 2. The predicted molar refractivity (Wildman–Crippen MR) is 121 cm³/mol. The highest BCUT2D eigenvalue weighted by molar-refractivity contribution is 7.99. The summed E-state index contributed by atoms with van der Waals surface area (Å²) in [6, 6.07) is 15.7. The van der Waals surface area contributed by atoms with E-state index in [4.69, 9.17) is 0 Å². The molecule has 0 aliphatic rings. The molecule has 2 aromatic rings. The van der Waals surface area contributed by atoms with Crippen LogP contribution in [-0.2, 0) is 21.9 Å². The summed E-state index contributed by atoms with van der Waals surface area (Å²) in [5.41, 5.74) is 1.55. The molecular formula is C24H31FN2O2S. The minimum Gasteiger partial charge on any atom is -0.354 e. The molecule has 0 radical (unpaired) electrons. The van der Waals surface area contributed by atoms with E-state index in [1.807, 2.05) is 51.1 Å². The lowest BCUT2D eigenvalue weighted by Crippen LogP contribution is -2.50. The van der Waals surface area contributed by atoms with Gasteiger partial charge in [0.25, 0.3) is 0 Å². The van der Waals surface area contributed by atoms with E-state index in [9.17, 15) is 14.0 Å². The van der Waals surface area contributed by atoms with E-state index in [1.54, 1.807) is 23.1 Å². The Morgan fingerprint density at radius 2 is 1.73 bits per heavy atom. The lowest BCUT2D eigenvalue weighted by molar-refractivity contribution is -0.139. The van der Waals surface area contributed by atoms with E-state index < -0.39 is 6.04 Å². The molecule has 0 bridgehead atoms. The fourth-order valence-electron chi connectivity index (χ4n) is 3.07. The van der Waals surface area contributed by atoms with E-state index in [1.165, 1.54) is 17.8 Å². The molecule has 2 aromatic carbocycles. The Morgan fingerprint density at radius 3 is 2.37 bits per heavy atom. The number of carbonyl (C=O) groups is 2. The van der Waals surface area contributed by atoms with Crippen LogP contribution in [0.5, 0.6) is 0 Å². The average molecular weight is 431 g/mol. The molecule has 0 aliphatic heterocycles. The van der Waals surface area contributed by atoms with Gasteiger partial charge < -0.3 is 10.2 Å². The van der Waals surface area contributed by atoms with Crippen LogP contribution in [0.2, 0.25) is 0 Å². The Kier molecular flexibility index (Phi) is 9.87. The van der Waals surface area contributed by atoms with Crippen molar-refractivity contribution in [2.75, 3.05) is 12.3 Å². The summed E-state index contributed by atoms with van der Waals surface area (Å²) in [6.07, 6.45) is 0.528. The molecule has 1 unspecified atom stereocenters. The molecule has 30 heavy (non-hydrogen) atoms. The fraction of sp³-hybridized carbons (Fsp3) is 0.417. The second kappa shape index (κ2) is 12.4. The van der Waals surface area contributed by atoms with Gasteiger partial charge in [-0.25, -0.2) is 4.39 Å². The third kappa shape index (κ3) is 7.48. The van der Waals surface area contributed by atoms with E-state index in [2.05, 4.69) is 5.32 Å². The van der Waals surface area contributed by atoms with Gasteiger partial charge in [0.2, 0.25) is 11.8 Å². The number of hydrogen-bond acceptors (Lipinski definition) is 3. The third-order valence-electron chi connectivity index (χ3n) is 4.71. The molecule has 0 saturated heterocycles. The van der Waals surface area contributed by atoms with Gasteiger partial charge in [-0.05, 0) is 29.5 Å². The highest BCUT2D eigenvalue weighted by Gasteiger charge is 2.28. The quantitative estimate of drug-likeness (QED) is 0.565. The van der Waals surface area contributed by atoms with Crippen molar-refractivity contribution in [2.45, 2.75) is 45.5 Å². The molecule has 0 aliphatic carbocycles. The van der Waals surface area contributed by atoms with Gasteiger partial charge in [-0.15, -0.1) is 11.8 Å². The molecule has 0 spiro atoms. The first kappa shape index (κ1) is 23.9. The highest BCUT2D eigenvalue weighted by atomic mass is 32.2. The second-order valence-electron chi connectivity index (χ2n) is 7.65. The van der Waals surface area contributed by atoms with Crippen molar-refractivity contribution in [3.05, 3.63) is 71.5 Å². The van der Waals surface area contributed by atoms with Gasteiger partial charge in [0, 0.05) is 18.8 Å². The van der Waals surface area contributed by atoms with Crippen LogP contribution >= 0.6 is 11.8 Å². The van der Waals surface area contributed by atoms with Gasteiger partial charge >= 0.3 is 0 Å². The van der Waals surface area contributed by atoms with Gasteiger partial charge in [-0.1, -0.05) is 69.3 Å².